The number of aliphatic carboxylic acids is 1. The summed E-state index contributed by atoms with van der Waals surface area (Å²) in [6.45, 7) is 9.83. The van der Waals surface area contributed by atoms with E-state index in [1.54, 1.807) is 0 Å². The number of hydrogen-bond acceptors (Lipinski definition) is 3. The van der Waals surface area contributed by atoms with E-state index in [1.807, 2.05) is 20.8 Å². The number of carbonyl (C=O) groups excluding carboxylic acids is 1. The van der Waals surface area contributed by atoms with Gasteiger partial charge >= 0.3 is 5.97 Å². The predicted octanol–water partition coefficient (Wildman–Crippen LogP) is 1.61. The highest BCUT2D eigenvalue weighted by atomic mass is 16.4. The lowest BCUT2D eigenvalue weighted by atomic mass is 9.85. The second kappa shape index (κ2) is 8.15. The predicted molar refractivity (Wildman–Crippen MR) is 75.6 cm³/mol. The van der Waals surface area contributed by atoms with Crippen molar-refractivity contribution in [2.75, 3.05) is 0 Å². The zero-order valence-corrected chi connectivity index (χ0v) is 12.6. The molecular formula is C14H28N2O3. The molecular weight excluding hydrogens is 244 g/mol. The standard InChI is InChI=1S/C14H28N2O3/c1-6-9(4)10(5)11(7-12(17)18)16-14(19)13(15)8(2)3/h8-11,13H,6-7,15H2,1-5H3,(H,16,19)(H,17,18)/t9?,10?,11-,13+/m1/s1. The largest absolute Gasteiger partial charge is 0.481 e. The molecule has 0 aliphatic carbocycles. The highest BCUT2D eigenvalue weighted by Crippen LogP contribution is 2.20. The van der Waals surface area contributed by atoms with E-state index >= 15 is 0 Å². The zero-order valence-electron chi connectivity index (χ0n) is 12.6. The van der Waals surface area contributed by atoms with Gasteiger partial charge in [-0.3, -0.25) is 9.59 Å². The van der Waals surface area contributed by atoms with Crippen LogP contribution in [0, 0.1) is 17.8 Å². The maximum absolute atomic E-state index is 12.0. The number of nitrogens with one attached hydrogen (secondary N) is 1. The second-order valence-corrected chi connectivity index (χ2v) is 5.73. The molecule has 0 aromatic heterocycles. The van der Waals surface area contributed by atoms with Gasteiger partial charge in [-0.05, 0) is 17.8 Å². The fraction of sp³-hybridized carbons (Fsp3) is 0.857. The lowest BCUT2D eigenvalue weighted by molar-refractivity contribution is -0.138. The summed E-state index contributed by atoms with van der Waals surface area (Å²) in [5.74, 6) is -0.691. The number of nitrogens with two attached hydrogens (primary N) is 1. The molecule has 19 heavy (non-hydrogen) atoms. The van der Waals surface area contributed by atoms with E-state index in [9.17, 15) is 9.59 Å². The van der Waals surface area contributed by atoms with Gasteiger partial charge in [-0.15, -0.1) is 0 Å². The highest BCUT2D eigenvalue weighted by molar-refractivity contribution is 5.82. The summed E-state index contributed by atoms with van der Waals surface area (Å²) in [6, 6.07) is -0.967. The van der Waals surface area contributed by atoms with E-state index in [2.05, 4.69) is 19.2 Å². The van der Waals surface area contributed by atoms with Crippen LogP contribution >= 0.6 is 0 Å². The van der Waals surface area contributed by atoms with Crippen LogP contribution < -0.4 is 11.1 Å². The molecule has 112 valence electrons. The summed E-state index contributed by atoms with van der Waals surface area (Å²) in [5.41, 5.74) is 5.79. The average Bonchev–Trinajstić information content (AvgIpc) is 2.34. The topological polar surface area (TPSA) is 92.4 Å². The van der Waals surface area contributed by atoms with Crippen LogP contribution in [-0.2, 0) is 9.59 Å². The maximum Gasteiger partial charge on any atom is 0.305 e. The van der Waals surface area contributed by atoms with Crippen LogP contribution in [0.4, 0.5) is 0 Å². The molecule has 0 aliphatic rings. The van der Waals surface area contributed by atoms with E-state index in [0.29, 0.717) is 5.92 Å². The first-order chi connectivity index (χ1) is 8.70. The number of amides is 1. The van der Waals surface area contributed by atoms with Crippen LogP contribution in [0.1, 0.15) is 47.5 Å². The first-order valence-electron chi connectivity index (χ1n) is 6.98. The zero-order chi connectivity index (χ0) is 15.2. The lowest BCUT2D eigenvalue weighted by Crippen LogP contribution is -2.51. The van der Waals surface area contributed by atoms with Crippen molar-refractivity contribution >= 4 is 11.9 Å². The Balaban J connectivity index is 4.77. The summed E-state index contributed by atoms with van der Waals surface area (Å²) < 4.78 is 0. The summed E-state index contributed by atoms with van der Waals surface area (Å²) in [4.78, 5) is 22.9. The molecule has 5 nitrogen and oxygen atoms in total. The van der Waals surface area contributed by atoms with Crippen LogP contribution in [0.25, 0.3) is 0 Å². The Morgan fingerprint density at radius 2 is 1.74 bits per heavy atom. The normalized spacial score (nSPS) is 17.6. The summed E-state index contributed by atoms with van der Waals surface area (Å²) >= 11 is 0. The van der Waals surface area contributed by atoms with Gasteiger partial charge < -0.3 is 16.2 Å². The van der Waals surface area contributed by atoms with Crippen molar-refractivity contribution in [3.8, 4) is 0 Å². The van der Waals surface area contributed by atoms with Gasteiger partial charge in [0.1, 0.15) is 0 Å². The molecule has 0 bridgehead atoms. The number of carboxylic acids is 1. The molecule has 5 heteroatoms. The third kappa shape index (κ3) is 6.05. The van der Waals surface area contributed by atoms with Crippen molar-refractivity contribution in [2.24, 2.45) is 23.5 Å². The van der Waals surface area contributed by atoms with E-state index in [4.69, 9.17) is 10.8 Å². The molecule has 4 N–H and O–H groups in total. The monoisotopic (exact) mass is 272 g/mol. The van der Waals surface area contributed by atoms with E-state index in [-0.39, 0.29) is 30.2 Å². The molecule has 0 saturated heterocycles. The van der Waals surface area contributed by atoms with Crippen LogP contribution in [0.5, 0.6) is 0 Å². The van der Waals surface area contributed by atoms with Gasteiger partial charge in [0.05, 0.1) is 12.5 Å². The van der Waals surface area contributed by atoms with Gasteiger partial charge in [-0.25, -0.2) is 0 Å². The summed E-state index contributed by atoms with van der Waals surface area (Å²) in [5, 5.41) is 11.8. The van der Waals surface area contributed by atoms with E-state index < -0.39 is 12.0 Å². The van der Waals surface area contributed by atoms with Gasteiger partial charge in [-0.2, -0.15) is 0 Å². The molecule has 1 amide bonds. The Morgan fingerprint density at radius 1 is 1.21 bits per heavy atom. The maximum atomic E-state index is 12.0. The van der Waals surface area contributed by atoms with Crippen LogP contribution in [0.2, 0.25) is 0 Å². The smallest absolute Gasteiger partial charge is 0.305 e. The molecule has 2 unspecified atom stereocenters. The highest BCUT2D eigenvalue weighted by Gasteiger charge is 2.28. The fourth-order valence-electron chi connectivity index (χ4n) is 1.91. The summed E-state index contributed by atoms with van der Waals surface area (Å²) in [7, 11) is 0. The Labute approximate surface area is 115 Å². The van der Waals surface area contributed by atoms with Crippen molar-refractivity contribution in [3.63, 3.8) is 0 Å². The SMILES string of the molecule is CCC(C)C(C)[C@@H](CC(=O)O)NC(=O)[C@@H](N)C(C)C. The van der Waals surface area contributed by atoms with Crippen LogP contribution in [0.3, 0.4) is 0 Å². The quantitative estimate of drug-likeness (QED) is 0.626. The number of rotatable bonds is 8. The molecule has 0 rings (SSSR count). The number of carbonyl (C=O) groups is 2. The third-order valence-corrected chi connectivity index (χ3v) is 3.92. The molecule has 0 fully saturated rings. The van der Waals surface area contributed by atoms with Crippen LogP contribution in [0.15, 0.2) is 0 Å². The summed E-state index contributed by atoms with van der Waals surface area (Å²) in [6.07, 6.45) is 0.880. The van der Waals surface area contributed by atoms with Gasteiger partial charge in [0.25, 0.3) is 0 Å². The van der Waals surface area contributed by atoms with Gasteiger partial charge in [0.15, 0.2) is 0 Å². The van der Waals surface area contributed by atoms with Crippen molar-refractivity contribution < 1.29 is 14.7 Å². The van der Waals surface area contributed by atoms with Gasteiger partial charge in [-0.1, -0.05) is 41.0 Å². The van der Waals surface area contributed by atoms with E-state index in [0.717, 1.165) is 6.42 Å². The van der Waals surface area contributed by atoms with Crippen molar-refractivity contribution in [1.29, 1.82) is 0 Å². The number of carboxylic acid groups (broad SMARTS) is 1. The molecule has 4 atom stereocenters. The Morgan fingerprint density at radius 3 is 2.11 bits per heavy atom. The van der Waals surface area contributed by atoms with Crippen molar-refractivity contribution in [2.45, 2.75) is 59.5 Å². The molecule has 0 radical (unpaired) electrons. The number of hydrogen-bond donors (Lipinski definition) is 3. The Kier molecular flexibility index (Phi) is 7.68. The molecule has 0 spiro atoms. The van der Waals surface area contributed by atoms with Crippen molar-refractivity contribution in [3.05, 3.63) is 0 Å². The lowest BCUT2D eigenvalue weighted by Gasteiger charge is -2.29. The van der Waals surface area contributed by atoms with Gasteiger partial charge in [0.2, 0.25) is 5.91 Å². The van der Waals surface area contributed by atoms with Gasteiger partial charge in [0, 0.05) is 6.04 Å². The minimum atomic E-state index is -0.904. The Hall–Kier alpha value is -1.10. The molecule has 0 saturated carbocycles. The minimum absolute atomic E-state index is 0.0318. The molecule has 0 heterocycles. The minimum Gasteiger partial charge on any atom is -0.481 e. The Bertz CT molecular complexity index is 305. The third-order valence-electron chi connectivity index (χ3n) is 3.92. The molecule has 0 aromatic rings. The first-order valence-corrected chi connectivity index (χ1v) is 6.98. The van der Waals surface area contributed by atoms with Crippen molar-refractivity contribution in [1.82, 2.24) is 5.32 Å². The molecule has 0 aliphatic heterocycles. The first kappa shape index (κ1) is 17.9. The average molecular weight is 272 g/mol. The van der Waals surface area contributed by atoms with Crippen LogP contribution in [-0.4, -0.2) is 29.1 Å². The fourth-order valence-corrected chi connectivity index (χ4v) is 1.91. The second-order valence-electron chi connectivity index (χ2n) is 5.73. The molecule has 0 aromatic carbocycles. The van der Waals surface area contributed by atoms with E-state index in [1.165, 1.54) is 0 Å².